The Labute approximate surface area is 197 Å². The van der Waals surface area contributed by atoms with Crippen LogP contribution in [-0.4, -0.2) is 33.7 Å². The summed E-state index contributed by atoms with van der Waals surface area (Å²) in [7, 11) is 1.64. The summed E-state index contributed by atoms with van der Waals surface area (Å²) in [5, 5.41) is 14.4. The molecule has 1 atom stereocenters. The minimum Gasteiger partial charge on any atom is -0.497 e. The number of ether oxygens (including phenoxy) is 2. The highest BCUT2D eigenvalue weighted by Gasteiger charge is 2.28. The van der Waals surface area contributed by atoms with Crippen LogP contribution < -0.4 is 15.5 Å². The number of thioether (sulfide) groups is 1. The van der Waals surface area contributed by atoms with Crippen LogP contribution in [0.4, 0.5) is 4.79 Å². The number of alkyl carbamates (subject to hydrolysis) is 1. The van der Waals surface area contributed by atoms with Gasteiger partial charge in [-0.1, -0.05) is 54.2 Å². The first kappa shape index (κ1) is 22.7. The Morgan fingerprint density at radius 2 is 1.94 bits per heavy atom. The first-order valence-electron chi connectivity index (χ1n) is 10.6. The smallest absolute Gasteiger partial charge is 0.408 e. The molecule has 0 saturated heterocycles. The van der Waals surface area contributed by atoms with Gasteiger partial charge in [0.2, 0.25) is 5.16 Å². The highest BCUT2D eigenvalue weighted by Crippen LogP contribution is 2.31. The molecule has 1 amide bonds. The SMILES string of the molecule is COc1cccc(C2=CSc3nnc([C@H](Cc4ccccc4)NC(=O)OC(C)(C)C)n3N2)c1. The van der Waals surface area contributed by atoms with Gasteiger partial charge in [-0.05, 0) is 38.5 Å². The van der Waals surface area contributed by atoms with Crippen LogP contribution in [0.15, 0.2) is 65.2 Å². The standard InChI is InChI=1S/C24H27N5O3S/c1-24(2,3)32-23(30)25-19(13-16-9-6-5-7-10-16)21-26-27-22-29(21)28-20(15-33-22)17-11-8-12-18(14-17)31-4/h5-12,14-15,19,28H,13H2,1-4H3,(H,25,30)/t19-/m0/s1. The molecule has 33 heavy (non-hydrogen) atoms. The van der Waals surface area contributed by atoms with Crippen molar-refractivity contribution in [2.45, 2.75) is 44.0 Å². The fourth-order valence-electron chi connectivity index (χ4n) is 3.38. The Morgan fingerprint density at radius 1 is 1.15 bits per heavy atom. The molecule has 8 nitrogen and oxygen atoms in total. The molecule has 0 bridgehead atoms. The number of methoxy groups -OCH3 is 1. The second-order valence-electron chi connectivity index (χ2n) is 8.56. The van der Waals surface area contributed by atoms with Crippen molar-refractivity contribution in [2.24, 2.45) is 0 Å². The minimum absolute atomic E-state index is 0.457. The van der Waals surface area contributed by atoms with Gasteiger partial charge in [0.1, 0.15) is 11.4 Å². The van der Waals surface area contributed by atoms with Gasteiger partial charge in [-0.2, -0.15) is 0 Å². The summed E-state index contributed by atoms with van der Waals surface area (Å²) in [6, 6.07) is 17.3. The van der Waals surface area contributed by atoms with Crippen molar-refractivity contribution >= 4 is 23.6 Å². The number of aromatic nitrogens is 3. The molecular weight excluding hydrogens is 438 g/mol. The van der Waals surface area contributed by atoms with Crippen molar-refractivity contribution < 1.29 is 14.3 Å². The maximum absolute atomic E-state index is 12.6. The topological polar surface area (TPSA) is 90.3 Å². The molecule has 4 rings (SSSR count). The first-order valence-corrected chi connectivity index (χ1v) is 11.5. The normalized spacial score (nSPS) is 13.9. The van der Waals surface area contributed by atoms with Crippen LogP contribution in [0, 0.1) is 0 Å². The summed E-state index contributed by atoms with van der Waals surface area (Å²) in [5.74, 6) is 1.35. The molecule has 2 heterocycles. The molecule has 2 N–H and O–H groups in total. The van der Waals surface area contributed by atoms with Gasteiger partial charge in [0, 0.05) is 17.4 Å². The maximum atomic E-state index is 12.6. The summed E-state index contributed by atoms with van der Waals surface area (Å²) < 4.78 is 12.7. The van der Waals surface area contributed by atoms with E-state index >= 15 is 0 Å². The van der Waals surface area contributed by atoms with E-state index in [2.05, 4.69) is 20.9 Å². The molecule has 9 heteroatoms. The van der Waals surface area contributed by atoms with Crippen LogP contribution in [0.2, 0.25) is 0 Å². The number of rotatable bonds is 6. The average molecular weight is 466 g/mol. The first-order chi connectivity index (χ1) is 15.8. The molecule has 0 aliphatic carbocycles. The van der Waals surface area contributed by atoms with Gasteiger partial charge in [0.25, 0.3) is 0 Å². The summed E-state index contributed by atoms with van der Waals surface area (Å²) in [5.41, 5.74) is 5.68. The number of hydrogen-bond acceptors (Lipinski definition) is 7. The summed E-state index contributed by atoms with van der Waals surface area (Å²) in [6.45, 7) is 5.50. The lowest BCUT2D eigenvalue weighted by atomic mass is 10.1. The Kier molecular flexibility index (Phi) is 6.60. The number of carbonyl (C=O) groups excluding carboxylic acids is 1. The lowest BCUT2D eigenvalue weighted by Gasteiger charge is -2.25. The van der Waals surface area contributed by atoms with Crippen LogP contribution in [0.25, 0.3) is 5.70 Å². The van der Waals surface area contributed by atoms with E-state index in [0.29, 0.717) is 17.4 Å². The summed E-state index contributed by atoms with van der Waals surface area (Å²) in [6.07, 6.45) is 0.0239. The van der Waals surface area contributed by atoms with Gasteiger partial charge in [-0.3, -0.25) is 5.43 Å². The van der Waals surface area contributed by atoms with Gasteiger partial charge in [-0.25, -0.2) is 9.47 Å². The Bertz CT molecular complexity index is 1150. The zero-order valence-corrected chi connectivity index (χ0v) is 19.8. The molecule has 0 saturated carbocycles. The van der Waals surface area contributed by atoms with Crippen molar-refractivity contribution in [1.82, 2.24) is 20.2 Å². The quantitative estimate of drug-likeness (QED) is 0.543. The van der Waals surface area contributed by atoms with E-state index in [4.69, 9.17) is 9.47 Å². The van der Waals surface area contributed by atoms with Crippen LogP contribution >= 0.6 is 11.8 Å². The summed E-state index contributed by atoms with van der Waals surface area (Å²) >= 11 is 1.46. The number of fused-ring (bicyclic) bond motifs is 1. The zero-order valence-electron chi connectivity index (χ0n) is 19.0. The van der Waals surface area contributed by atoms with E-state index in [1.165, 1.54) is 11.8 Å². The number of carbonyl (C=O) groups is 1. The van der Waals surface area contributed by atoms with Crippen molar-refractivity contribution in [3.63, 3.8) is 0 Å². The fraction of sp³-hybridized carbons (Fsp3) is 0.292. The molecule has 1 aromatic heterocycles. The Morgan fingerprint density at radius 3 is 2.67 bits per heavy atom. The molecule has 172 valence electrons. The molecule has 2 aromatic carbocycles. The summed E-state index contributed by atoms with van der Waals surface area (Å²) in [4.78, 5) is 12.6. The molecule has 0 fully saturated rings. The molecule has 3 aromatic rings. The third kappa shape index (κ3) is 5.67. The minimum atomic E-state index is -0.609. The molecule has 1 aliphatic heterocycles. The number of benzene rings is 2. The van der Waals surface area contributed by atoms with Gasteiger partial charge in [-0.15, -0.1) is 10.2 Å². The van der Waals surface area contributed by atoms with E-state index < -0.39 is 17.7 Å². The Balaban J connectivity index is 1.62. The number of nitrogens with zero attached hydrogens (tertiary/aromatic N) is 3. The fourth-order valence-corrected chi connectivity index (χ4v) is 4.12. The van der Waals surface area contributed by atoms with Crippen molar-refractivity contribution in [2.75, 3.05) is 12.5 Å². The number of hydrogen-bond donors (Lipinski definition) is 2. The van der Waals surface area contributed by atoms with E-state index in [-0.39, 0.29) is 0 Å². The lowest BCUT2D eigenvalue weighted by Crippen LogP contribution is -2.37. The Hall–Kier alpha value is -3.46. The van der Waals surface area contributed by atoms with E-state index in [9.17, 15) is 4.79 Å². The van der Waals surface area contributed by atoms with Crippen LogP contribution in [-0.2, 0) is 11.2 Å². The molecular formula is C24H27N5O3S. The molecule has 0 spiro atoms. The number of amides is 1. The second-order valence-corrected chi connectivity index (χ2v) is 9.39. The lowest BCUT2D eigenvalue weighted by molar-refractivity contribution is 0.0500. The van der Waals surface area contributed by atoms with Gasteiger partial charge in [0.15, 0.2) is 5.82 Å². The number of nitrogens with one attached hydrogen (secondary N) is 2. The predicted octanol–water partition coefficient (Wildman–Crippen LogP) is 4.74. The zero-order chi connectivity index (χ0) is 23.4. The molecule has 0 unspecified atom stereocenters. The highest BCUT2D eigenvalue weighted by molar-refractivity contribution is 8.02. The highest BCUT2D eigenvalue weighted by atomic mass is 32.2. The van der Waals surface area contributed by atoms with E-state index in [1.54, 1.807) is 7.11 Å². The van der Waals surface area contributed by atoms with Gasteiger partial charge >= 0.3 is 6.09 Å². The van der Waals surface area contributed by atoms with Crippen LogP contribution in [0.3, 0.4) is 0 Å². The van der Waals surface area contributed by atoms with Crippen molar-refractivity contribution in [3.05, 3.63) is 77.0 Å². The van der Waals surface area contributed by atoms with E-state index in [0.717, 1.165) is 22.6 Å². The monoisotopic (exact) mass is 465 g/mol. The average Bonchev–Trinajstić information content (AvgIpc) is 3.21. The van der Waals surface area contributed by atoms with Gasteiger partial charge < -0.3 is 14.8 Å². The second kappa shape index (κ2) is 9.58. The predicted molar refractivity (Wildman–Crippen MR) is 128 cm³/mol. The molecule has 1 aliphatic rings. The van der Waals surface area contributed by atoms with Crippen molar-refractivity contribution in [1.29, 1.82) is 0 Å². The van der Waals surface area contributed by atoms with Crippen LogP contribution in [0.5, 0.6) is 5.75 Å². The largest absolute Gasteiger partial charge is 0.497 e. The third-order valence-corrected chi connectivity index (χ3v) is 5.67. The van der Waals surface area contributed by atoms with Crippen LogP contribution in [0.1, 0.15) is 43.8 Å². The maximum Gasteiger partial charge on any atom is 0.408 e. The third-order valence-electron chi connectivity index (χ3n) is 4.84. The molecule has 0 radical (unpaired) electrons. The van der Waals surface area contributed by atoms with E-state index in [1.807, 2.05) is 85.5 Å². The van der Waals surface area contributed by atoms with Gasteiger partial charge in [0.05, 0.1) is 18.8 Å². The van der Waals surface area contributed by atoms with Crippen molar-refractivity contribution in [3.8, 4) is 5.75 Å².